The summed E-state index contributed by atoms with van der Waals surface area (Å²) in [4.78, 5) is 18.2. The summed E-state index contributed by atoms with van der Waals surface area (Å²) >= 11 is 0. The Morgan fingerprint density at radius 2 is 2.32 bits per heavy atom. The predicted octanol–water partition coefficient (Wildman–Crippen LogP) is 1.72. The second kappa shape index (κ2) is 5.19. The molecule has 1 aliphatic carbocycles. The van der Waals surface area contributed by atoms with Crippen molar-refractivity contribution in [2.24, 2.45) is 0 Å². The number of pyridine rings is 1. The van der Waals surface area contributed by atoms with Crippen LogP contribution in [0, 0.1) is 0 Å². The number of hydrogen-bond acceptors (Lipinski definition) is 4. The molecule has 1 aromatic rings. The molecule has 118 valence electrons. The van der Waals surface area contributed by atoms with Crippen LogP contribution in [0.15, 0.2) is 24.4 Å². The third-order valence-electron chi connectivity index (χ3n) is 4.72. The van der Waals surface area contributed by atoms with Gasteiger partial charge in [0.1, 0.15) is 12.2 Å². The van der Waals surface area contributed by atoms with Gasteiger partial charge in [0.25, 0.3) is 5.91 Å². The monoisotopic (exact) mass is 306 g/mol. The van der Waals surface area contributed by atoms with Crippen molar-refractivity contribution in [1.82, 2.24) is 9.88 Å². The second-order valence-corrected chi connectivity index (χ2v) is 6.29. The summed E-state index contributed by atoms with van der Waals surface area (Å²) in [6, 6.07) is 5.36. The van der Waals surface area contributed by atoms with Gasteiger partial charge in [0.2, 0.25) is 5.88 Å². The van der Waals surface area contributed by atoms with Gasteiger partial charge in [-0.25, -0.2) is 9.37 Å². The first-order valence-corrected chi connectivity index (χ1v) is 7.87. The van der Waals surface area contributed by atoms with Crippen LogP contribution < -0.4 is 4.74 Å². The van der Waals surface area contributed by atoms with Crippen molar-refractivity contribution in [1.29, 1.82) is 0 Å². The van der Waals surface area contributed by atoms with Gasteiger partial charge in [0.05, 0.1) is 12.6 Å². The lowest BCUT2D eigenvalue weighted by molar-refractivity contribution is -0.141. The Balaban J connectivity index is 1.54. The average molecular weight is 306 g/mol. The summed E-state index contributed by atoms with van der Waals surface area (Å²) in [5, 5.41) is 0. The number of ether oxygens (including phenoxy) is 2. The number of amides is 1. The van der Waals surface area contributed by atoms with Gasteiger partial charge in [-0.15, -0.1) is 0 Å². The van der Waals surface area contributed by atoms with Crippen LogP contribution in [0.2, 0.25) is 0 Å². The summed E-state index contributed by atoms with van der Waals surface area (Å²) in [7, 11) is 0. The maximum absolute atomic E-state index is 14.2. The molecule has 2 aliphatic heterocycles. The topological polar surface area (TPSA) is 51.7 Å². The summed E-state index contributed by atoms with van der Waals surface area (Å²) < 4.78 is 25.9. The maximum atomic E-state index is 14.2. The molecule has 22 heavy (non-hydrogen) atoms. The van der Waals surface area contributed by atoms with E-state index in [2.05, 4.69) is 4.98 Å². The number of alkyl halides is 1. The Labute approximate surface area is 128 Å². The lowest BCUT2D eigenvalue weighted by Crippen LogP contribution is -2.47. The van der Waals surface area contributed by atoms with Gasteiger partial charge in [0, 0.05) is 18.9 Å². The molecule has 0 bridgehead atoms. The highest BCUT2D eigenvalue weighted by atomic mass is 19.1. The van der Waals surface area contributed by atoms with E-state index >= 15 is 0 Å². The molecule has 3 fully saturated rings. The van der Waals surface area contributed by atoms with Crippen LogP contribution in [-0.2, 0) is 9.53 Å². The molecule has 3 atom stereocenters. The van der Waals surface area contributed by atoms with Gasteiger partial charge in [-0.1, -0.05) is 6.07 Å². The number of hydrogen-bond donors (Lipinski definition) is 0. The number of nitrogens with zero attached hydrogens (tertiary/aromatic N) is 2. The normalized spacial score (nSPS) is 32.4. The van der Waals surface area contributed by atoms with Crippen molar-refractivity contribution >= 4 is 5.91 Å². The van der Waals surface area contributed by atoms with Gasteiger partial charge >= 0.3 is 0 Å². The Morgan fingerprint density at radius 1 is 1.45 bits per heavy atom. The molecule has 4 rings (SSSR count). The van der Waals surface area contributed by atoms with Crippen LogP contribution in [0.4, 0.5) is 4.39 Å². The number of carbonyl (C=O) groups excluding carboxylic acids is 1. The molecule has 3 heterocycles. The highest BCUT2D eigenvalue weighted by Gasteiger charge is 2.58. The van der Waals surface area contributed by atoms with Gasteiger partial charge in [-0.3, -0.25) is 4.79 Å². The highest BCUT2D eigenvalue weighted by molar-refractivity contribution is 5.88. The molecule has 1 amide bonds. The first kappa shape index (κ1) is 13.9. The van der Waals surface area contributed by atoms with E-state index < -0.39 is 5.67 Å². The standard InChI is InChI=1S/C16H19FN2O3/c17-16(6-7-16)15(20)19-10-12(14-11(19)4-3-9-21-14)22-13-5-1-2-8-18-13/h1-2,5,8,11-12,14H,3-4,6-7,9-10H2/t11-,12+,14+/m1/s1. The predicted molar refractivity (Wildman–Crippen MR) is 76.2 cm³/mol. The van der Waals surface area contributed by atoms with Gasteiger partial charge in [0.15, 0.2) is 5.67 Å². The van der Waals surface area contributed by atoms with Crippen LogP contribution >= 0.6 is 0 Å². The quantitative estimate of drug-likeness (QED) is 0.853. The molecule has 0 unspecified atom stereocenters. The number of halogens is 1. The van der Waals surface area contributed by atoms with Crippen LogP contribution in [0.5, 0.6) is 5.88 Å². The van der Waals surface area contributed by atoms with Crippen molar-refractivity contribution in [3.8, 4) is 5.88 Å². The Kier molecular flexibility index (Phi) is 3.29. The van der Waals surface area contributed by atoms with E-state index in [1.807, 2.05) is 12.1 Å². The summed E-state index contributed by atoms with van der Waals surface area (Å²) in [6.45, 7) is 1.03. The Bertz CT molecular complexity index is 564. The van der Waals surface area contributed by atoms with E-state index in [4.69, 9.17) is 9.47 Å². The first-order chi connectivity index (χ1) is 10.7. The van der Waals surface area contributed by atoms with Gasteiger partial charge < -0.3 is 14.4 Å². The largest absolute Gasteiger partial charge is 0.470 e. The molecule has 0 radical (unpaired) electrons. The molecule has 0 N–H and O–H groups in total. The van der Waals surface area contributed by atoms with Crippen molar-refractivity contribution in [3.63, 3.8) is 0 Å². The number of likely N-dealkylation sites (tertiary alicyclic amines) is 1. The third kappa shape index (κ3) is 2.35. The summed E-state index contributed by atoms with van der Waals surface area (Å²) in [5.74, 6) is 0.122. The lowest BCUT2D eigenvalue weighted by atomic mass is 10.0. The minimum absolute atomic E-state index is 0.0804. The van der Waals surface area contributed by atoms with Crippen molar-refractivity contribution in [2.75, 3.05) is 13.2 Å². The second-order valence-electron chi connectivity index (χ2n) is 6.29. The van der Waals surface area contributed by atoms with E-state index in [-0.39, 0.29) is 24.2 Å². The number of rotatable bonds is 3. The van der Waals surface area contributed by atoms with Crippen molar-refractivity contribution in [2.45, 2.75) is 49.6 Å². The van der Waals surface area contributed by atoms with E-state index in [0.29, 0.717) is 31.9 Å². The fraction of sp³-hybridized carbons (Fsp3) is 0.625. The molecular weight excluding hydrogens is 287 g/mol. The number of carbonyl (C=O) groups is 1. The molecule has 2 saturated heterocycles. The molecule has 1 saturated carbocycles. The number of aromatic nitrogens is 1. The van der Waals surface area contributed by atoms with Crippen LogP contribution in [0.3, 0.4) is 0 Å². The third-order valence-corrected chi connectivity index (χ3v) is 4.72. The maximum Gasteiger partial charge on any atom is 0.260 e. The van der Waals surface area contributed by atoms with Crippen molar-refractivity contribution in [3.05, 3.63) is 24.4 Å². The lowest BCUT2D eigenvalue weighted by Gasteiger charge is -2.32. The molecule has 3 aliphatic rings. The average Bonchev–Trinajstić information content (AvgIpc) is 3.21. The highest BCUT2D eigenvalue weighted by Crippen LogP contribution is 2.44. The van der Waals surface area contributed by atoms with E-state index in [1.54, 1.807) is 17.2 Å². The van der Waals surface area contributed by atoms with Crippen LogP contribution in [0.25, 0.3) is 0 Å². The van der Waals surface area contributed by atoms with Gasteiger partial charge in [-0.2, -0.15) is 0 Å². The fourth-order valence-corrected chi connectivity index (χ4v) is 3.40. The molecular formula is C16H19FN2O3. The van der Waals surface area contributed by atoms with Gasteiger partial charge in [-0.05, 0) is 31.7 Å². The minimum Gasteiger partial charge on any atom is -0.470 e. The fourth-order valence-electron chi connectivity index (χ4n) is 3.40. The summed E-state index contributed by atoms with van der Waals surface area (Å²) in [5.41, 5.74) is -1.64. The van der Waals surface area contributed by atoms with Crippen LogP contribution in [-0.4, -0.2) is 52.9 Å². The zero-order valence-corrected chi connectivity index (χ0v) is 12.3. The minimum atomic E-state index is -1.64. The Morgan fingerprint density at radius 3 is 3.05 bits per heavy atom. The SMILES string of the molecule is O=C(N1C[C@H](Oc2ccccn2)[C@H]2OCCC[C@H]21)C1(F)CC1. The van der Waals surface area contributed by atoms with E-state index in [0.717, 1.165) is 12.8 Å². The molecule has 1 aromatic heterocycles. The molecule has 6 heteroatoms. The van der Waals surface area contributed by atoms with E-state index in [9.17, 15) is 9.18 Å². The zero-order valence-electron chi connectivity index (χ0n) is 12.3. The number of fused-ring (bicyclic) bond motifs is 1. The first-order valence-electron chi connectivity index (χ1n) is 7.87. The molecule has 0 aromatic carbocycles. The summed E-state index contributed by atoms with van der Waals surface area (Å²) in [6.07, 6.45) is 3.59. The van der Waals surface area contributed by atoms with Crippen LogP contribution in [0.1, 0.15) is 25.7 Å². The zero-order chi connectivity index (χ0) is 15.2. The van der Waals surface area contributed by atoms with Crippen molar-refractivity contribution < 1.29 is 18.7 Å². The Hall–Kier alpha value is -1.69. The van der Waals surface area contributed by atoms with E-state index in [1.165, 1.54) is 0 Å². The molecule has 0 spiro atoms. The molecule has 5 nitrogen and oxygen atoms in total. The smallest absolute Gasteiger partial charge is 0.260 e.